The Balaban J connectivity index is 2.05. The highest BCUT2D eigenvalue weighted by atomic mass is 19.1. The van der Waals surface area contributed by atoms with Crippen molar-refractivity contribution in [2.24, 2.45) is 0 Å². The van der Waals surface area contributed by atoms with Crippen molar-refractivity contribution in [3.05, 3.63) is 54.1 Å². The number of aromatic nitrogens is 4. The molecule has 1 N–H and O–H groups in total. The average Bonchev–Trinajstić information content (AvgIpc) is 3.15. The minimum atomic E-state index is -0.475. The summed E-state index contributed by atoms with van der Waals surface area (Å²) in [5.41, 5.74) is 0.938. The summed E-state index contributed by atoms with van der Waals surface area (Å²) in [6, 6.07) is 8.67. The maximum atomic E-state index is 13.3. The van der Waals surface area contributed by atoms with E-state index < -0.39 is 11.7 Å². The second-order valence-corrected chi connectivity index (χ2v) is 4.94. The first kappa shape index (κ1) is 16.4. The molecule has 0 spiro atoms. The Hall–Kier alpha value is -3.49. The van der Waals surface area contributed by atoms with Crippen molar-refractivity contribution in [1.82, 2.24) is 20.2 Å². The van der Waals surface area contributed by atoms with Crippen LogP contribution in [0, 0.1) is 5.82 Å². The fourth-order valence-corrected chi connectivity index (χ4v) is 2.28. The second kappa shape index (κ2) is 6.95. The number of carbonyl (C=O) groups is 1. The van der Waals surface area contributed by atoms with Crippen LogP contribution < -0.4 is 14.8 Å². The zero-order chi connectivity index (χ0) is 17.8. The van der Waals surface area contributed by atoms with E-state index in [1.807, 2.05) is 0 Å². The van der Waals surface area contributed by atoms with E-state index in [9.17, 15) is 9.18 Å². The lowest BCUT2D eigenvalue weighted by molar-refractivity contribution is 0.102. The molecule has 1 aromatic heterocycles. The quantitative estimate of drug-likeness (QED) is 0.763. The number of halogens is 1. The molecule has 2 aromatic carbocycles. The number of amides is 1. The van der Waals surface area contributed by atoms with Crippen LogP contribution >= 0.6 is 0 Å². The highest BCUT2D eigenvalue weighted by Crippen LogP contribution is 2.32. The zero-order valence-corrected chi connectivity index (χ0v) is 13.4. The predicted molar refractivity (Wildman–Crippen MR) is 86.6 cm³/mol. The molecule has 0 aliphatic heterocycles. The van der Waals surface area contributed by atoms with Crippen LogP contribution in [0.2, 0.25) is 0 Å². The Morgan fingerprint density at radius 3 is 2.56 bits per heavy atom. The predicted octanol–water partition coefficient (Wildman–Crippen LogP) is 2.07. The van der Waals surface area contributed by atoms with E-state index in [0.29, 0.717) is 22.9 Å². The van der Waals surface area contributed by atoms with Gasteiger partial charge >= 0.3 is 0 Å². The Bertz CT molecular complexity index is 899. The summed E-state index contributed by atoms with van der Waals surface area (Å²) in [5, 5.41) is 13.6. The highest BCUT2D eigenvalue weighted by molar-refractivity contribution is 6.07. The summed E-state index contributed by atoms with van der Waals surface area (Å²) in [6.45, 7) is 0. The van der Waals surface area contributed by atoms with Gasteiger partial charge in [-0.15, -0.1) is 5.10 Å². The molecule has 0 saturated carbocycles. The van der Waals surface area contributed by atoms with Crippen molar-refractivity contribution < 1.29 is 18.7 Å². The van der Waals surface area contributed by atoms with Gasteiger partial charge in [0.1, 0.15) is 12.1 Å². The van der Waals surface area contributed by atoms with Crippen molar-refractivity contribution >= 4 is 11.6 Å². The number of ether oxygens (including phenoxy) is 2. The van der Waals surface area contributed by atoms with E-state index in [0.717, 1.165) is 0 Å². The van der Waals surface area contributed by atoms with E-state index in [-0.39, 0.29) is 5.56 Å². The van der Waals surface area contributed by atoms with Crippen molar-refractivity contribution in [3.8, 4) is 17.2 Å². The largest absolute Gasteiger partial charge is 0.493 e. The molecular weight excluding hydrogens is 329 g/mol. The number of nitrogens with zero attached hydrogens (tertiary/aromatic N) is 4. The van der Waals surface area contributed by atoms with Gasteiger partial charge in [0.25, 0.3) is 5.91 Å². The number of carbonyl (C=O) groups excluding carboxylic acids is 1. The molecule has 8 nitrogen and oxygen atoms in total. The Morgan fingerprint density at radius 2 is 1.92 bits per heavy atom. The maximum Gasteiger partial charge on any atom is 0.258 e. The molecule has 0 fully saturated rings. The molecule has 25 heavy (non-hydrogen) atoms. The lowest BCUT2D eigenvalue weighted by atomic mass is 10.1. The maximum absolute atomic E-state index is 13.3. The van der Waals surface area contributed by atoms with Crippen LogP contribution in [0.1, 0.15) is 10.4 Å². The number of rotatable bonds is 5. The summed E-state index contributed by atoms with van der Waals surface area (Å²) in [5.74, 6) is -0.151. The van der Waals surface area contributed by atoms with Crippen LogP contribution in [-0.4, -0.2) is 40.3 Å². The minimum Gasteiger partial charge on any atom is -0.493 e. The molecule has 0 unspecified atom stereocenters. The SMILES string of the molecule is COc1cc(C(=O)Nc2cccc(F)c2)c(-n2cnnn2)cc1OC. The molecule has 0 aliphatic carbocycles. The number of nitrogens with one attached hydrogen (secondary N) is 1. The molecule has 0 aliphatic rings. The normalized spacial score (nSPS) is 10.4. The number of methoxy groups -OCH3 is 2. The van der Waals surface area contributed by atoms with Gasteiger partial charge in [0.15, 0.2) is 11.5 Å². The van der Waals surface area contributed by atoms with Crippen LogP contribution in [-0.2, 0) is 0 Å². The number of hydrogen-bond acceptors (Lipinski definition) is 6. The Labute approximate surface area is 142 Å². The van der Waals surface area contributed by atoms with E-state index in [2.05, 4.69) is 20.8 Å². The molecule has 0 atom stereocenters. The van der Waals surface area contributed by atoms with Crippen LogP contribution in [0.3, 0.4) is 0 Å². The van der Waals surface area contributed by atoms with E-state index in [1.54, 1.807) is 12.1 Å². The summed E-state index contributed by atoms with van der Waals surface area (Å²) in [7, 11) is 2.94. The van der Waals surface area contributed by atoms with Gasteiger partial charge in [-0.25, -0.2) is 4.39 Å². The van der Waals surface area contributed by atoms with Crippen LogP contribution in [0.15, 0.2) is 42.7 Å². The lowest BCUT2D eigenvalue weighted by Crippen LogP contribution is -2.16. The molecule has 0 bridgehead atoms. The summed E-state index contributed by atoms with van der Waals surface area (Å²) in [4.78, 5) is 12.7. The molecule has 1 amide bonds. The molecular formula is C16H14FN5O3. The fourth-order valence-electron chi connectivity index (χ4n) is 2.28. The van der Waals surface area contributed by atoms with E-state index >= 15 is 0 Å². The summed E-state index contributed by atoms with van der Waals surface area (Å²) >= 11 is 0. The molecule has 1 heterocycles. The van der Waals surface area contributed by atoms with Gasteiger partial charge in [-0.05, 0) is 34.7 Å². The summed E-state index contributed by atoms with van der Waals surface area (Å²) in [6.07, 6.45) is 1.35. The van der Waals surface area contributed by atoms with Crippen LogP contribution in [0.25, 0.3) is 5.69 Å². The van der Waals surface area contributed by atoms with Gasteiger partial charge in [0, 0.05) is 11.8 Å². The fraction of sp³-hybridized carbons (Fsp3) is 0.125. The highest BCUT2D eigenvalue weighted by Gasteiger charge is 2.19. The first-order valence-corrected chi connectivity index (χ1v) is 7.18. The molecule has 0 radical (unpaired) electrons. The van der Waals surface area contributed by atoms with Crippen molar-refractivity contribution in [1.29, 1.82) is 0 Å². The van der Waals surface area contributed by atoms with Crippen molar-refractivity contribution in [3.63, 3.8) is 0 Å². The first-order valence-electron chi connectivity index (χ1n) is 7.18. The third-order valence-electron chi connectivity index (χ3n) is 3.42. The minimum absolute atomic E-state index is 0.231. The Morgan fingerprint density at radius 1 is 1.16 bits per heavy atom. The second-order valence-electron chi connectivity index (χ2n) is 4.94. The molecule has 128 valence electrons. The molecule has 3 rings (SSSR count). The van der Waals surface area contributed by atoms with Gasteiger partial charge in [-0.1, -0.05) is 6.07 Å². The van der Waals surface area contributed by atoms with Crippen LogP contribution in [0.5, 0.6) is 11.5 Å². The van der Waals surface area contributed by atoms with Gasteiger partial charge < -0.3 is 14.8 Å². The average molecular weight is 343 g/mol. The molecule has 0 saturated heterocycles. The van der Waals surface area contributed by atoms with Crippen molar-refractivity contribution in [2.75, 3.05) is 19.5 Å². The molecule has 9 heteroatoms. The third kappa shape index (κ3) is 3.39. The van der Waals surface area contributed by atoms with Crippen LogP contribution in [0.4, 0.5) is 10.1 Å². The number of benzene rings is 2. The van der Waals surface area contributed by atoms with Gasteiger partial charge in [0.2, 0.25) is 0 Å². The Kier molecular flexibility index (Phi) is 4.55. The zero-order valence-electron chi connectivity index (χ0n) is 13.4. The van der Waals surface area contributed by atoms with E-state index in [1.165, 1.54) is 49.5 Å². The number of anilines is 1. The third-order valence-corrected chi connectivity index (χ3v) is 3.42. The van der Waals surface area contributed by atoms with Gasteiger partial charge in [0.05, 0.1) is 25.5 Å². The lowest BCUT2D eigenvalue weighted by Gasteiger charge is -2.14. The topological polar surface area (TPSA) is 91.2 Å². The summed E-state index contributed by atoms with van der Waals surface area (Å²) < 4.78 is 25.1. The standard InChI is InChI=1S/C16H14FN5O3/c1-24-14-7-12(16(23)19-11-5-3-4-10(17)6-11)13(8-15(14)25-2)22-9-18-20-21-22/h3-9H,1-2H3,(H,19,23). The molecule has 3 aromatic rings. The number of tetrazole rings is 1. The van der Waals surface area contributed by atoms with E-state index in [4.69, 9.17) is 9.47 Å². The monoisotopic (exact) mass is 343 g/mol. The first-order chi connectivity index (χ1) is 12.1. The van der Waals surface area contributed by atoms with Crippen molar-refractivity contribution in [2.45, 2.75) is 0 Å². The number of hydrogen-bond donors (Lipinski definition) is 1. The smallest absolute Gasteiger partial charge is 0.258 e. The van der Waals surface area contributed by atoms with Gasteiger partial charge in [-0.2, -0.15) is 4.68 Å². The van der Waals surface area contributed by atoms with Gasteiger partial charge in [-0.3, -0.25) is 4.79 Å².